The van der Waals surface area contributed by atoms with Crippen LogP contribution in [-0.2, 0) is 0 Å². The summed E-state index contributed by atoms with van der Waals surface area (Å²) in [5.74, 6) is 0.483. The molecule has 1 aliphatic rings. The number of rotatable bonds is 2. The average Bonchev–Trinajstić information content (AvgIpc) is 2.75. The molecular formula is C7H7F2NO. The SMILES string of the molecule is [2H]c1oc(C2CC2)nc1C(F)F. The van der Waals surface area contributed by atoms with E-state index in [1.54, 1.807) is 0 Å². The summed E-state index contributed by atoms with van der Waals surface area (Å²) in [4.78, 5) is 3.57. The van der Waals surface area contributed by atoms with Crippen LogP contribution in [0.25, 0.3) is 0 Å². The van der Waals surface area contributed by atoms with Crippen LogP contribution in [0.5, 0.6) is 0 Å². The molecular weight excluding hydrogens is 152 g/mol. The first-order chi connectivity index (χ1) is 5.68. The Kier molecular flexibility index (Phi) is 1.18. The second-order valence-electron chi connectivity index (χ2n) is 2.61. The highest BCUT2D eigenvalue weighted by molar-refractivity contribution is 5.06. The number of hydrogen-bond donors (Lipinski definition) is 0. The number of alkyl halides is 2. The Labute approximate surface area is 63.6 Å². The fourth-order valence-electron chi connectivity index (χ4n) is 0.867. The molecule has 0 amide bonds. The van der Waals surface area contributed by atoms with Gasteiger partial charge in [-0.25, -0.2) is 13.8 Å². The van der Waals surface area contributed by atoms with Crippen molar-refractivity contribution < 1.29 is 14.6 Å². The van der Waals surface area contributed by atoms with E-state index in [2.05, 4.69) is 4.98 Å². The summed E-state index contributed by atoms with van der Waals surface area (Å²) in [6, 6.07) is 0. The summed E-state index contributed by atoms with van der Waals surface area (Å²) < 4.78 is 36.0. The third kappa shape index (κ3) is 1.25. The number of nitrogens with zero attached hydrogens (tertiary/aromatic N) is 1. The van der Waals surface area contributed by atoms with Crippen molar-refractivity contribution in [3.8, 4) is 0 Å². The zero-order valence-electron chi connectivity index (χ0n) is 6.68. The van der Waals surface area contributed by atoms with Gasteiger partial charge in [-0.05, 0) is 12.8 Å². The van der Waals surface area contributed by atoms with Crippen molar-refractivity contribution in [1.29, 1.82) is 0 Å². The van der Waals surface area contributed by atoms with Crippen molar-refractivity contribution in [2.45, 2.75) is 25.2 Å². The van der Waals surface area contributed by atoms with Crippen molar-refractivity contribution in [3.63, 3.8) is 0 Å². The van der Waals surface area contributed by atoms with E-state index in [4.69, 9.17) is 5.79 Å². The van der Waals surface area contributed by atoms with E-state index in [1.165, 1.54) is 0 Å². The van der Waals surface area contributed by atoms with Gasteiger partial charge in [-0.3, -0.25) is 0 Å². The first kappa shape index (κ1) is 5.69. The molecule has 0 unspecified atom stereocenters. The van der Waals surface area contributed by atoms with Crippen LogP contribution >= 0.6 is 0 Å². The lowest BCUT2D eigenvalue weighted by Crippen LogP contribution is -1.84. The van der Waals surface area contributed by atoms with Crippen LogP contribution in [0.2, 0.25) is 0 Å². The third-order valence-corrected chi connectivity index (χ3v) is 1.62. The maximum Gasteiger partial charge on any atom is 0.283 e. The number of aromatic nitrogens is 1. The van der Waals surface area contributed by atoms with E-state index in [0.29, 0.717) is 5.89 Å². The molecule has 0 atom stereocenters. The molecule has 11 heavy (non-hydrogen) atoms. The fraction of sp³-hybridized carbons (Fsp3) is 0.571. The number of oxazole rings is 1. The molecule has 1 heterocycles. The molecule has 4 heteroatoms. The Balaban J connectivity index is 2.30. The lowest BCUT2D eigenvalue weighted by atomic mass is 10.4. The zero-order chi connectivity index (χ0) is 8.72. The Morgan fingerprint density at radius 3 is 2.91 bits per heavy atom. The minimum absolute atomic E-state index is 0.182. The Bertz CT molecular complexity index is 296. The summed E-state index contributed by atoms with van der Waals surface area (Å²) in [7, 11) is 0. The van der Waals surface area contributed by atoms with Gasteiger partial charge in [0.1, 0.15) is 13.3 Å². The molecule has 1 fully saturated rings. The molecule has 0 spiro atoms. The van der Waals surface area contributed by atoms with Crippen LogP contribution in [0, 0.1) is 0 Å². The van der Waals surface area contributed by atoms with E-state index in [-0.39, 0.29) is 5.92 Å². The van der Waals surface area contributed by atoms with Gasteiger partial charge in [0.2, 0.25) is 0 Å². The zero-order valence-corrected chi connectivity index (χ0v) is 5.68. The normalized spacial score (nSPS) is 19.0. The van der Waals surface area contributed by atoms with Gasteiger partial charge in [-0.2, -0.15) is 0 Å². The van der Waals surface area contributed by atoms with E-state index >= 15 is 0 Å². The van der Waals surface area contributed by atoms with Crippen LogP contribution in [0.1, 0.15) is 38.1 Å². The van der Waals surface area contributed by atoms with Gasteiger partial charge in [0.25, 0.3) is 6.43 Å². The predicted molar refractivity (Wildman–Crippen MR) is 33.4 cm³/mol. The van der Waals surface area contributed by atoms with Gasteiger partial charge in [0.15, 0.2) is 5.89 Å². The van der Waals surface area contributed by atoms with Gasteiger partial charge >= 0.3 is 0 Å². The van der Waals surface area contributed by atoms with E-state index in [0.717, 1.165) is 12.8 Å². The molecule has 1 aromatic rings. The van der Waals surface area contributed by atoms with Crippen molar-refractivity contribution in [2.24, 2.45) is 0 Å². The first-order valence-electron chi connectivity index (χ1n) is 3.94. The minimum atomic E-state index is -2.70. The maximum atomic E-state index is 12.1. The molecule has 1 aliphatic carbocycles. The Morgan fingerprint density at radius 2 is 2.45 bits per heavy atom. The van der Waals surface area contributed by atoms with E-state index < -0.39 is 18.4 Å². The van der Waals surface area contributed by atoms with Crippen LogP contribution in [-0.4, -0.2) is 4.98 Å². The molecule has 0 radical (unpaired) electrons. The van der Waals surface area contributed by atoms with E-state index in [9.17, 15) is 8.78 Å². The molecule has 1 aromatic heterocycles. The molecule has 60 valence electrons. The summed E-state index contributed by atoms with van der Waals surface area (Å²) in [6.45, 7) is 0. The molecule has 0 bridgehead atoms. The fourth-order valence-corrected chi connectivity index (χ4v) is 0.867. The summed E-state index contributed by atoms with van der Waals surface area (Å²) >= 11 is 0. The van der Waals surface area contributed by atoms with Gasteiger partial charge in [-0.15, -0.1) is 0 Å². The molecule has 2 nitrogen and oxygen atoms in total. The largest absolute Gasteiger partial charge is 0.448 e. The Hall–Kier alpha value is -0.930. The quantitative estimate of drug-likeness (QED) is 0.664. The molecule has 0 aromatic carbocycles. The highest BCUT2D eigenvalue weighted by Crippen LogP contribution is 2.39. The van der Waals surface area contributed by atoms with Gasteiger partial charge in [0.05, 0.1) is 0 Å². The smallest absolute Gasteiger partial charge is 0.283 e. The highest BCUT2D eigenvalue weighted by atomic mass is 19.3. The lowest BCUT2D eigenvalue weighted by molar-refractivity contribution is 0.146. The topological polar surface area (TPSA) is 26.0 Å². The molecule has 2 rings (SSSR count). The van der Waals surface area contributed by atoms with Crippen LogP contribution in [0.15, 0.2) is 10.7 Å². The third-order valence-electron chi connectivity index (χ3n) is 1.62. The van der Waals surface area contributed by atoms with Crippen LogP contribution in [0.3, 0.4) is 0 Å². The van der Waals surface area contributed by atoms with Crippen molar-refractivity contribution in [1.82, 2.24) is 4.98 Å². The minimum Gasteiger partial charge on any atom is -0.448 e. The Morgan fingerprint density at radius 1 is 1.73 bits per heavy atom. The van der Waals surface area contributed by atoms with Crippen molar-refractivity contribution in [2.75, 3.05) is 0 Å². The second kappa shape index (κ2) is 2.29. The number of halogens is 2. The standard InChI is InChI=1S/C7H7F2NO/c8-6(9)5-3-11-7(10-5)4-1-2-4/h3-4,6H,1-2H2/i3D. The molecule has 0 N–H and O–H groups in total. The summed E-state index contributed by atoms with van der Waals surface area (Å²) in [5.41, 5.74) is -0.531. The molecule has 0 aliphatic heterocycles. The maximum absolute atomic E-state index is 12.1. The lowest BCUT2D eigenvalue weighted by Gasteiger charge is -1.86. The monoisotopic (exact) mass is 160 g/mol. The van der Waals surface area contributed by atoms with Gasteiger partial charge in [-0.1, -0.05) is 0 Å². The average molecular weight is 160 g/mol. The molecule has 1 saturated carbocycles. The summed E-state index contributed by atoms with van der Waals surface area (Å²) in [5, 5.41) is 0. The van der Waals surface area contributed by atoms with Gasteiger partial charge in [0, 0.05) is 5.92 Å². The van der Waals surface area contributed by atoms with Crippen LogP contribution in [0.4, 0.5) is 8.78 Å². The van der Waals surface area contributed by atoms with Crippen molar-refractivity contribution >= 4 is 0 Å². The molecule has 0 saturated heterocycles. The van der Waals surface area contributed by atoms with Gasteiger partial charge < -0.3 is 4.42 Å². The number of hydrogen-bond acceptors (Lipinski definition) is 2. The first-order valence-corrected chi connectivity index (χ1v) is 3.44. The highest BCUT2D eigenvalue weighted by Gasteiger charge is 2.29. The van der Waals surface area contributed by atoms with Crippen molar-refractivity contribution in [3.05, 3.63) is 17.8 Å². The summed E-state index contributed by atoms with van der Waals surface area (Å²) in [6.07, 6.45) is -1.33. The van der Waals surface area contributed by atoms with Crippen LogP contribution < -0.4 is 0 Å². The predicted octanol–water partition coefficient (Wildman–Crippen LogP) is 2.49. The second-order valence-corrected chi connectivity index (χ2v) is 2.61. The van der Waals surface area contributed by atoms with E-state index in [1.807, 2.05) is 0 Å².